The summed E-state index contributed by atoms with van der Waals surface area (Å²) in [5, 5.41) is 9.13. The van der Waals surface area contributed by atoms with Crippen LogP contribution in [0.15, 0.2) is 86.5 Å². The third-order valence-electron chi connectivity index (χ3n) is 13.0. The number of rotatable bonds is 15. The van der Waals surface area contributed by atoms with E-state index in [4.69, 9.17) is 37.3 Å². The van der Waals surface area contributed by atoms with Crippen molar-refractivity contribution in [2.45, 2.75) is 116 Å². The van der Waals surface area contributed by atoms with Gasteiger partial charge in [0.05, 0.1) is 12.7 Å². The number of nitrogen functional groups attached to an aromatic ring is 1. The Balaban J connectivity index is 0.000000208. The molecule has 0 radical (unpaired) electrons. The summed E-state index contributed by atoms with van der Waals surface area (Å²) in [5.74, 6) is 4.16. The van der Waals surface area contributed by atoms with Gasteiger partial charge in [-0.05, 0) is 179 Å². The van der Waals surface area contributed by atoms with E-state index in [-0.39, 0.29) is 18.0 Å². The second-order valence-corrected chi connectivity index (χ2v) is 19.5. The van der Waals surface area contributed by atoms with Gasteiger partial charge in [-0.3, -0.25) is 9.59 Å². The summed E-state index contributed by atoms with van der Waals surface area (Å²) in [6.07, 6.45) is 17.6. The van der Waals surface area contributed by atoms with Gasteiger partial charge in [0.1, 0.15) is 11.6 Å². The third-order valence-corrected chi connectivity index (χ3v) is 13.1. The lowest BCUT2D eigenvalue weighted by Crippen LogP contribution is -2.32. The van der Waals surface area contributed by atoms with Crippen molar-refractivity contribution in [3.63, 3.8) is 0 Å². The Morgan fingerprint density at radius 1 is 0.681 bits per heavy atom. The first-order chi connectivity index (χ1) is 33.0. The fourth-order valence-corrected chi connectivity index (χ4v) is 9.04. The van der Waals surface area contributed by atoms with Gasteiger partial charge in [-0.25, -0.2) is 29.9 Å². The Labute approximate surface area is 412 Å². The summed E-state index contributed by atoms with van der Waals surface area (Å²) in [5.41, 5.74) is 12.4. The van der Waals surface area contributed by atoms with Crippen molar-refractivity contribution in [1.82, 2.24) is 48.8 Å². The van der Waals surface area contributed by atoms with Crippen LogP contribution in [0.25, 0.3) is 22.3 Å². The Morgan fingerprint density at radius 3 is 1.49 bits per heavy atom. The lowest BCUT2D eigenvalue weighted by atomic mass is 9.83. The molecule has 6 aromatic rings. The molecule has 0 spiro atoms. The molecule has 17 heteroatoms. The SMILES string of the molecule is C=CC(=O)Cl.C=CC(=O)Nc1cccc(Nc2nc(CC3CCC(N(C)C)CC3)nc3c2ncn3C(C)C)c1.CC(C)n1cnc2c(Nc3cccc(N)c3)nc(CC3CCC(N(C)C)CC3)nc21. The van der Waals surface area contributed by atoms with Crippen LogP contribution in [0.4, 0.5) is 34.4 Å². The Hall–Kier alpha value is -6.23. The van der Waals surface area contributed by atoms with Gasteiger partial charge in [0.25, 0.3) is 0 Å². The highest BCUT2D eigenvalue weighted by Crippen LogP contribution is 2.33. The monoisotopic (exact) mass is 959 g/mol. The van der Waals surface area contributed by atoms with E-state index in [1.165, 1.54) is 57.4 Å². The predicted octanol–water partition coefficient (Wildman–Crippen LogP) is 10.3. The number of allylic oxidation sites excluding steroid dienone is 1. The van der Waals surface area contributed by atoms with Crippen LogP contribution in [0.3, 0.4) is 0 Å². The molecule has 2 saturated carbocycles. The topological polar surface area (TPSA) is 190 Å². The molecule has 368 valence electrons. The van der Waals surface area contributed by atoms with Crippen molar-refractivity contribution in [3.05, 3.63) is 98.1 Å². The Bertz CT molecular complexity index is 2670. The smallest absolute Gasteiger partial charge is 0.247 e. The number of hydrogen-bond acceptors (Lipinski definition) is 13. The molecule has 0 unspecified atom stereocenters. The van der Waals surface area contributed by atoms with Crippen LogP contribution in [-0.4, -0.2) is 100 Å². The largest absolute Gasteiger partial charge is 0.399 e. The van der Waals surface area contributed by atoms with E-state index in [0.717, 1.165) is 75.8 Å². The van der Waals surface area contributed by atoms with Crippen molar-refractivity contribution in [1.29, 1.82) is 0 Å². The maximum Gasteiger partial charge on any atom is 0.247 e. The molecule has 4 aromatic heterocycles. The highest BCUT2D eigenvalue weighted by Gasteiger charge is 2.26. The molecule has 0 saturated heterocycles. The zero-order valence-corrected chi connectivity index (χ0v) is 42.4. The molecule has 69 heavy (non-hydrogen) atoms. The van der Waals surface area contributed by atoms with Gasteiger partial charge in [-0.1, -0.05) is 25.3 Å². The highest BCUT2D eigenvalue weighted by atomic mass is 35.5. The summed E-state index contributed by atoms with van der Waals surface area (Å²) < 4.78 is 4.21. The molecule has 8 rings (SSSR count). The predicted molar refractivity (Wildman–Crippen MR) is 281 cm³/mol. The number of fused-ring (bicyclic) bond motifs is 2. The summed E-state index contributed by atoms with van der Waals surface area (Å²) in [6, 6.07) is 17.2. The number of nitrogens with one attached hydrogen (secondary N) is 3. The number of halogens is 1. The first kappa shape index (κ1) is 52.1. The molecule has 1 amide bonds. The lowest BCUT2D eigenvalue weighted by Gasteiger charge is -2.32. The first-order valence-electron chi connectivity index (χ1n) is 24.1. The summed E-state index contributed by atoms with van der Waals surface area (Å²) in [6.45, 7) is 15.1. The van der Waals surface area contributed by atoms with E-state index >= 15 is 0 Å². The van der Waals surface area contributed by atoms with Crippen LogP contribution in [0.5, 0.6) is 0 Å². The number of carbonyl (C=O) groups excluding carboxylic acids is 2. The minimum atomic E-state index is -0.509. The van der Waals surface area contributed by atoms with E-state index in [2.05, 4.69) is 114 Å². The Morgan fingerprint density at radius 2 is 1.10 bits per heavy atom. The van der Waals surface area contributed by atoms with Crippen molar-refractivity contribution < 1.29 is 9.59 Å². The quantitative estimate of drug-likeness (QED) is 0.0433. The maximum atomic E-state index is 11.7. The van der Waals surface area contributed by atoms with Crippen LogP contribution >= 0.6 is 11.6 Å². The average Bonchev–Trinajstić information content (AvgIpc) is 3.96. The molecular formula is C52H71ClN14O2. The summed E-state index contributed by atoms with van der Waals surface area (Å²) >= 11 is 4.71. The van der Waals surface area contributed by atoms with Crippen LogP contribution in [0, 0.1) is 11.8 Å². The fraction of sp³-hybridized carbons (Fsp3) is 0.462. The molecule has 5 N–H and O–H groups in total. The molecule has 0 bridgehead atoms. The number of carbonyl (C=O) groups is 2. The van der Waals surface area contributed by atoms with Gasteiger partial charge in [0.15, 0.2) is 34.0 Å². The summed E-state index contributed by atoms with van der Waals surface area (Å²) in [4.78, 5) is 54.8. The molecule has 2 aromatic carbocycles. The number of anilines is 6. The number of aromatic nitrogens is 8. The number of nitrogens with zero attached hydrogens (tertiary/aromatic N) is 10. The molecule has 2 aliphatic carbocycles. The van der Waals surface area contributed by atoms with Gasteiger partial charge in [-0.15, -0.1) is 0 Å². The number of hydrogen-bond donors (Lipinski definition) is 4. The van der Waals surface area contributed by atoms with E-state index in [1.807, 2.05) is 61.2 Å². The van der Waals surface area contributed by atoms with Crippen molar-refractivity contribution in [2.24, 2.45) is 11.8 Å². The molecule has 2 aliphatic rings. The maximum absolute atomic E-state index is 11.7. The number of imidazole rings is 2. The zero-order valence-electron chi connectivity index (χ0n) is 41.6. The van der Waals surface area contributed by atoms with Gasteiger partial charge in [-0.2, -0.15) is 0 Å². The first-order valence-corrected chi connectivity index (χ1v) is 24.4. The van der Waals surface area contributed by atoms with Crippen LogP contribution in [0.1, 0.15) is 103 Å². The van der Waals surface area contributed by atoms with Crippen LogP contribution < -0.4 is 21.7 Å². The number of amides is 1. The van der Waals surface area contributed by atoms with E-state index in [9.17, 15) is 9.59 Å². The summed E-state index contributed by atoms with van der Waals surface area (Å²) in [7, 11) is 8.71. The second-order valence-electron chi connectivity index (χ2n) is 19.2. The van der Waals surface area contributed by atoms with E-state index in [0.29, 0.717) is 35.4 Å². The second kappa shape index (κ2) is 24.4. The highest BCUT2D eigenvalue weighted by molar-refractivity contribution is 6.66. The normalized spacial score (nSPS) is 18.1. The van der Waals surface area contributed by atoms with Crippen molar-refractivity contribution in [3.8, 4) is 0 Å². The van der Waals surface area contributed by atoms with E-state index in [1.54, 1.807) is 0 Å². The van der Waals surface area contributed by atoms with Gasteiger partial charge >= 0.3 is 0 Å². The fourth-order valence-electron chi connectivity index (χ4n) is 9.04. The van der Waals surface area contributed by atoms with Crippen LogP contribution in [0.2, 0.25) is 0 Å². The molecule has 16 nitrogen and oxygen atoms in total. The van der Waals surface area contributed by atoms with E-state index < -0.39 is 5.24 Å². The van der Waals surface area contributed by atoms with Gasteiger partial charge < -0.3 is 40.6 Å². The lowest BCUT2D eigenvalue weighted by molar-refractivity contribution is -0.112. The molecule has 2 fully saturated rings. The number of nitrogens with two attached hydrogens (primary N) is 1. The minimum Gasteiger partial charge on any atom is -0.399 e. The molecule has 4 heterocycles. The zero-order chi connectivity index (χ0) is 49.8. The van der Waals surface area contributed by atoms with Crippen molar-refractivity contribution >= 4 is 79.5 Å². The number of benzene rings is 2. The average molecular weight is 960 g/mol. The standard InChI is InChI=1S/C26H35N7O.C23H33N7.C3H3ClO/c1-6-23(34)28-19-8-7-9-20(15-19)29-25-24-26(33(16-27-24)17(2)3)31-22(30-25)14-18-10-12-21(13-11-18)32(4)5;1-15(2)30-14-25-21-22(26-18-7-5-6-17(24)13-18)27-20(28-23(21)30)12-16-8-10-19(11-9-16)29(3)4;1-2-3(4)5/h6-9,15-18,21H,1,10-14H2,2-5H3,(H,28,34)(H,29,30,31);5-7,13-16,19H,8-12,24H2,1-4H3,(H,26,27,28);2H,1H2. The third kappa shape index (κ3) is 14.4. The van der Waals surface area contributed by atoms with Gasteiger partial charge in [0.2, 0.25) is 11.1 Å². The van der Waals surface area contributed by atoms with Crippen LogP contribution in [-0.2, 0) is 22.4 Å². The molecular weight excluding hydrogens is 888 g/mol. The molecule has 0 atom stereocenters. The van der Waals surface area contributed by atoms with Crippen molar-refractivity contribution in [2.75, 3.05) is 49.9 Å². The minimum absolute atomic E-state index is 0.244. The molecule has 0 aliphatic heterocycles. The Kier molecular flexibility index (Phi) is 18.4. The van der Waals surface area contributed by atoms with Gasteiger partial charge in [0, 0.05) is 59.8 Å².